The zero-order chi connectivity index (χ0) is 15.0. The minimum absolute atomic E-state index is 0.244. The fourth-order valence-electron chi connectivity index (χ4n) is 2.38. The average Bonchev–Trinajstić information content (AvgIpc) is 2.89. The van der Waals surface area contributed by atoms with Crippen LogP contribution in [0.25, 0.3) is 16.7 Å². The molecule has 3 aromatic rings. The van der Waals surface area contributed by atoms with E-state index in [1.807, 2.05) is 47.8 Å². The molecule has 0 fully saturated rings. The van der Waals surface area contributed by atoms with Crippen molar-refractivity contribution in [1.29, 1.82) is 0 Å². The SMILES string of the molecule is CN(C)c1ccccc1-n1cnc2cc(C(=O)O)ccc21. The second kappa shape index (κ2) is 4.94. The third-order valence-electron chi connectivity index (χ3n) is 3.42. The van der Waals surface area contributed by atoms with Gasteiger partial charge in [0.2, 0.25) is 0 Å². The lowest BCUT2D eigenvalue weighted by atomic mass is 10.2. The van der Waals surface area contributed by atoms with E-state index in [1.54, 1.807) is 24.5 Å². The first-order valence-electron chi connectivity index (χ1n) is 6.55. The lowest BCUT2D eigenvalue weighted by Crippen LogP contribution is -2.11. The quantitative estimate of drug-likeness (QED) is 0.802. The van der Waals surface area contributed by atoms with Gasteiger partial charge in [-0.05, 0) is 30.3 Å². The number of hydrogen-bond acceptors (Lipinski definition) is 3. The summed E-state index contributed by atoms with van der Waals surface area (Å²) >= 11 is 0. The van der Waals surface area contributed by atoms with E-state index in [-0.39, 0.29) is 5.56 Å². The molecule has 0 aliphatic heterocycles. The minimum Gasteiger partial charge on any atom is -0.478 e. The normalized spacial score (nSPS) is 10.8. The molecule has 0 aliphatic rings. The number of aromatic carboxylic acids is 1. The number of anilines is 1. The fraction of sp³-hybridized carbons (Fsp3) is 0.125. The van der Waals surface area contributed by atoms with Crippen molar-refractivity contribution in [2.75, 3.05) is 19.0 Å². The summed E-state index contributed by atoms with van der Waals surface area (Å²) in [5, 5.41) is 9.04. The summed E-state index contributed by atoms with van der Waals surface area (Å²) in [4.78, 5) is 17.4. The first kappa shape index (κ1) is 13.2. The second-order valence-corrected chi connectivity index (χ2v) is 5.01. The van der Waals surface area contributed by atoms with Crippen molar-refractivity contribution in [2.24, 2.45) is 0 Å². The van der Waals surface area contributed by atoms with E-state index in [1.165, 1.54) is 0 Å². The predicted octanol–water partition coefficient (Wildman–Crippen LogP) is 2.79. The highest BCUT2D eigenvalue weighted by molar-refractivity contribution is 5.92. The number of carboxylic acids is 1. The second-order valence-electron chi connectivity index (χ2n) is 5.01. The van der Waals surface area contributed by atoms with Crippen LogP contribution in [0.2, 0.25) is 0 Å². The maximum Gasteiger partial charge on any atom is 0.335 e. The summed E-state index contributed by atoms with van der Waals surface area (Å²) in [6.07, 6.45) is 1.72. The van der Waals surface area contributed by atoms with Gasteiger partial charge in [0.1, 0.15) is 6.33 Å². The fourth-order valence-corrected chi connectivity index (χ4v) is 2.38. The van der Waals surface area contributed by atoms with Gasteiger partial charge >= 0.3 is 5.97 Å². The van der Waals surface area contributed by atoms with Gasteiger partial charge in [-0.25, -0.2) is 9.78 Å². The van der Waals surface area contributed by atoms with Crippen LogP contribution >= 0.6 is 0 Å². The van der Waals surface area contributed by atoms with Crippen molar-refractivity contribution in [3.05, 3.63) is 54.4 Å². The topological polar surface area (TPSA) is 58.4 Å². The lowest BCUT2D eigenvalue weighted by Gasteiger charge is -2.18. The van der Waals surface area contributed by atoms with E-state index < -0.39 is 5.97 Å². The van der Waals surface area contributed by atoms with Crippen LogP contribution in [0.1, 0.15) is 10.4 Å². The van der Waals surface area contributed by atoms with E-state index >= 15 is 0 Å². The Balaban J connectivity index is 2.20. The molecule has 5 heteroatoms. The highest BCUT2D eigenvalue weighted by atomic mass is 16.4. The van der Waals surface area contributed by atoms with Crippen LogP contribution in [0.5, 0.6) is 0 Å². The van der Waals surface area contributed by atoms with Gasteiger partial charge in [0.15, 0.2) is 0 Å². The molecule has 3 rings (SSSR count). The summed E-state index contributed by atoms with van der Waals surface area (Å²) in [6, 6.07) is 13.0. The molecule has 0 spiro atoms. The number of benzene rings is 2. The highest BCUT2D eigenvalue weighted by Gasteiger charge is 2.11. The molecular formula is C16H15N3O2. The zero-order valence-corrected chi connectivity index (χ0v) is 11.8. The predicted molar refractivity (Wildman–Crippen MR) is 82.4 cm³/mol. The van der Waals surface area contributed by atoms with Gasteiger partial charge in [-0.3, -0.25) is 4.57 Å². The largest absolute Gasteiger partial charge is 0.478 e. The Kier molecular flexibility index (Phi) is 3.10. The number of carbonyl (C=O) groups is 1. The number of rotatable bonds is 3. The Morgan fingerprint density at radius 2 is 1.95 bits per heavy atom. The number of carboxylic acid groups (broad SMARTS) is 1. The van der Waals surface area contributed by atoms with E-state index in [0.29, 0.717) is 5.52 Å². The molecule has 0 amide bonds. The Morgan fingerprint density at radius 1 is 1.19 bits per heavy atom. The zero-order valence-electron chi connectivity index (χ0n) is 11.8. The Hall–Kier alpha value is -2.82. The van der Waals surface area contributed by atoms with Crippen LogP contribution < -0.4 is 4.90 Å². The van der Waals surface area contributed by atoms with Crippen LogP contribution in [0.15, 0.2) is 48.8 Å². The molecule has 0 unspecified atom stereocenters. The number of imidazole rings is 1. The minimum atomic E-state index is -0.944. The number of hydrogen-bond donors (Lipinski definition) is 1. The summed E-state index contributed by atoms with van der Waals surface area (Å²) in [5.74, 6) is -0.944. The van der Waals surface area contributed by atoms with Crippen molar-refractivity contribution in [3.63, 3.8) is 0 Å². The first-order valence-corrected chi connectivity index (χ1v) is 6.55. The molecule has 0 saturated heterocycles. The molecule has 0 atom stereocenters. The summed E-state index contributed by atoms with van der Waals surface area (Å²) in [5.41, 5.74) is 3.87. The molecule has 1 heterocycles. The van der Waals surface area contributed by atoms with Gasteiger partial charge in [0.25, 0.3) is 0 Å². The van der Waals surface area contributed by atoms with Gasteiger partial charge in [-0.15, -0.1) is 0 Å². The van der Waals surface area contributed by atoms with Gasteiger partial charge in [0, 0.05) is 14.1 Å². The van der Waals surface area contributed by atoms with Gasteiger partial charge < -0.3 is 10.0 Å². The standard InChI is InChI=1S/C16H15N3O2/c1-18(2)14-5-3-4-6-15(14)19-10-17-12-9-11(16(20)21)7-8-13(12)19/h3-10H,1-2H3,(H,20,21). The van der Waals surface area contributed by atoms with Crippen molar-refractivity contribution >= 4 is 22.7 Å². The molecular weight excluding hydrogens is 266 g/mol. The maximum atomic E-state index is 11.0. The Labute approximate surface area is 122 Å². The first-order chi connectivity index (χ1) is 10.1. The van der Waals surface area contributed by atoms with E-state index in [0.717, 1.165) is 16.9 Å². The average molecular weight is 281 g/mol. The molecule has 0 radical (unpaired) electrons. The van der Waals surface area contributed by atoms with Gasteiger partial charge in [-0.2, -0.15) is 0 Å². The maximum absolute atomic E-state index is 11.0. The number of para-hydroxylation sites is 2. The molecule has 1 N–H and O–H groups in total. The smallest absolute Gasteiger partial charge is 0.335 e. The van der Waals surface area contributed by atoms with Crippen molar-refractivity contribution in [3.8, 4) is 5.69 Å². The van der Waals surface area contributed by atoms with Crippen molar-refractivity contribution in [2.45, 2.75) is 0 Å². The molecule has 0 aliphatic carbocycles. The van der Waals surface area contributed by atoms with Crippen molar-refractivity contribution in [1.82, 2.24) is 9.55 Å². The van der Waals surface area contributed by atoms with Crippen LogP contribution in [-0.4, -0.2) is 34.7 Å². The van der Waals surface area contributed by atoms with Crippen LogP contribution in [0, 0.1) is 0 Å². The van der Waals surface area contributed by atoms with E-state index in [2.05, 4.69) is 4.98 Å². The van der Waals surface area contributed by atoms with E-state index in [9.17, 15) is 4.79 Å². The number of aromatic nitrogens is 2. The highest BCUT2D eigenvalue weighted by Crippen LogP contribution is 2.26. The number of fused-ring (bicyclic) bond motifs is 1. The monoisotopic (exact) mass is 281 g/mol. The third-order valence-corrected chi connectivity index (χ3v) is 3.42. The summed E-state index contributed by atoms with van der Waals surface area (Å²) in [6.45, 7) is 0. The molecule has 106 valence electrons. The lowest BCUT2D eigenvalue weighted by molar-refractivity contribution is 0.0697. The molecule has 21 heavy (non-hydrogen) atoms. The molecule has 2 aromatic carbocycles. The van der Waals surface area contributed by atoms with Crippen molar-refractivity contribution < 1.29 is 9.90 Å². The molecule has 1 aromatic heterocycles. The summed E-state index contributed by atoms with van der Waals surface area (Å²) in [7, 11) is 3.97. The van der Waals surface area contributed by atoms with E-state index in [4.69, 9.17) is 5.11 Å². The number of nitrogens with zero attached hydrogens (tertiary/aromatic N) is 3. The van der Waals surface area contributed by atoms with Crippen LogP contribution in [0.4, 0.5) is 5.69 Å². The van der Waals surface area contributed by atoms with Gasteiger partial charge in [0.05, 0.1) is 28.0 Å². The Bertz CT molecular complexity index is 821. The summed E-state index contributed by atoms with van der Waals surface area (Å²) < 4.78 is 1.97. The molecule has 5 nitrogen and oxygen atoms in total. The third kappa shape index (κ3) is 2.23. The Morgan fingerprint density at radius 3 is 2.67 bits per heavy atom. The molecule has 0 saturated carbocycles. The van der Waals surface area contributed by atoms with Crippen LogP contribution in [-0.2, 0) is 0 Å². The van der Waals surface area contributed by atoms with Crippen LogP contribution in [0.3, 0.4) is 0 Å². The van der Waals surface area contributed by atoms with Gasteiger partial charge in [-0.1, -0.05) is 12.1 Å². The molecule has 0 bridgehead atoms.